The maximum atomic E-state index is 14.0. The van der Waals surface area contributed by atoms with Gasteiger partial charge in [-0.3, -0.25) is 9.59 Å². The molecule has 0 bridgehead atoms. The van der Waals surface area contributed by atoms with Gasteiger partial charge in [-0.15, -0.1) is 0 Å². The molecule has 0 aliphatic carbocycles. The van der Waals surface area contributed by atoms with Crippen LogP contribution in [0.25, 0.3) is 0 Å². The van der Waals surface area contributed by atoms with Gasteiger partial charge in [0.25, 0.3) is 0 Å². The average Bonchev–Trinajstić information content (AvgIpc) is 2.89. The zero-order valence-electron chi connectivity index (χ0n) is 21.1. The summed E-state index contributed by atoms with van der Waals surface area (Å²) in [6, 6.07) is 24.6. The number of hydrogen-bond donors (Lipinski definition) is 1. The molecule has 1 N–H and O–H groups in total. The molecule has 2 amide bonds. The molecule has 0 unspecified atom stereocenters. The molecule has 0 aromatic heterocycles. The van der Waals surface area contributed by atoms with Crippen LogP contribution in [0.5, 0.6) is 0 Å². The van der Waals surface area contributed by atoms with Crippen molar-refractivity contribution in [1.82, 2.24) is 10.2 Å². The molecule has 4 nitrogen and oxygen atoms in total. The topological polar surface area (TPSA) is 49.4 Å². The molecule has 0 saturated heterocycles. The van der Waals surface area contributed by atoms with Crippen LogP contribution < -0.4 is 5.32 Å². The van der Waals surface area contributed by atoms with E-state index in [4.69, 9.17) is 23.2 Å². The first-order valence-corrected chi connectivity index (χ1v) is 13.2. The van der Waals surface area contributed by atoms with Crippen molar-refractivity contribution in [3.8, 4) is 0 Å². The fourth-order valence-corrected chi connectivity index (χ4v) is 4.82. The van der Waals surface area contributed by atoms with Gasteiger partial charge in [-0.25, -0.2) is 0 Å². The van der Waals surface area contributed by atoms with Gasteiger partial charge < -0.3 is 10.2 Å². The van der Waals surface area contributed by atoms with E-state index < -0.39 is 6.04 Å². The summed E-state index contributed by atoms with van der Waals surface area (Å²) < 4.78 is 0. The van der Waals surface area contributed by atoms with Gasteiger partial charge in [-0.05, 0) is 43.0 Å². The van der Waals surface area contributed by atoms with E-state index in [0.29, 0.717) is 22.0 Å². The lowest BCUT2D eigenvalue weighted by Crippen LogP contribution is -2.51. The number of carbonyl (C=O) groups excluding carboxylic acids is 2. The van der Waals surface area contributed by atoms with Gasteiger partial charge in [0.1, 0.15) is 6.04 Å². The highest BCUT2D eigenvalue weighted by atomic mass is 35.5. The summed E-state index contributed by atoms with van der Waals surface area (Å²) in [7, 11) is 0. The predicted molar refractivity (Wildman–Crippen MR) is 148 cm³/mol. The highest BCUT2D eigenvalue weighted by Crippen LogP contribution is 2.31. The molecular formula is C30H34Cl2N2O2. The third-order valence-corrected chi connectivity index (χ3v) is 7.27. The number of rotatable bonds is 11. The molecule has 0 saturated carbocycles. The number of benzene rings is 3. The minimum Gasteiger partial charge on any atom is -0.352 e. The summed E-state index contributed by atoms with van der Waals surface area (Å²) in [6.07, 6.45) is 1.48. The lowest BCUT2D eigenvalue weighted by atomic mass is 9.88. The summed E-state index contributed by atoms with van der Waals surface area (Å²) in [4.78, 5) is 29.0. The summed E-state index contributed by atoms with van der Waals surface area (Å²) in [5.74, 6) is -0.451. The lowest BCUT2D eigenvalue weighted by molar-refractivity contribution is -0.141. The van der Waals surface area contributed by atoms with Crippen LogP contribution in [-0.4, -0.2) is 28.8 Å². The van der Waals surface area contributed by atoms with Crippen molar-refractivity contribution < 1.29 is 9.59 Å². The predicted octanol–water partition coefficient (Wildman–Crippen LogP) is 7.24. The number of halogens is 2. The van der Waals surface area contributed by atoms with Crippen molar-refractivity contribution in [3.05, 3.63) is 106 Å². The first kappa shape index (κ1) is 27.8. The minimum absolute atomic E-state index is 0.00814. The minimum atomic E-state index is -0.647. The Morgan fingerprint density at radius 3 is 1.81 bits per heavy atom. The second kappa shape index (κ2) is 13.5. The third-order valence-electron chi connectivity index (χ3n) is 6.56. The Balaban J connectivity index is 2.00. The van der Waals surface area contributed by atoms with E-state index >= 15 is 0 Å². The van der Waals surface area contributed by atoms with Gasteiger partial charge in [0.15, 0.2) is 0 Å². The van der Waals surface area contributed by atoms with Crippen LogP contribution in [0.1, 0.15) is 62.6 Å². The van der Waals surface area contributed by atoms with E-state index in [1.54, 1.807) is 23.1 Å². The third kappa shape index (κ3) is 7.11. The van der Waals surface area contributed by atoms with Crippen molar-refractivity contribution >= 4 is 35.0 Å². The average molecular weight is 526 g/mol. The van der Waals surface area contributed by atoms with E-state index in [2.05, 4.69) is 5.32 Å². The van der Waals surface area contributed by atoms with E-state index in [-0.39, 0.29) is 36.7 Å². The molecule has 3 aromatic carbocycles. The second-order valence-electron chi connectivity index (χ2n) is 9.04. The summed E-state index contributed by atoms with van der Waals surface area (Å²) in [5, 5.41) is 3.99. The molecule has 0 spiro atoms. The molecule has 6 heteroatoms. The Labute approximate surface area is 224 Å². The van der Waals surface area contributed by atoms with Crippen LogP contribution in [0.3, 0.4) is 0 Å². The van der Waals surface area contributed by atoms with Gasteiger partial charge in [0.05, 0.1) is 0 Å². The van der Waals surface area contributed by atoms with Crippen molar-refractivity contribution in [2.45, 2.75) is 64.6 Å². The van der Waals surface area contributed by atoms with Crippen molar-refractivity contribution in [1.29, 1.82) is 0 Å². The normalized spacial score (nSPS) is 12.7. The van der Waals surface area contributed by atoms with Crippen LogP contribution >= 0.6 is 23.2 Å². The molecular weight excluding hydrogens is 491 g/mol. The van der Waals surface area contributed by atoms with Crippen LogP contribution in [-0.2, 0) is 16.1 Å². The van der Waals surface area contributed by atoms with Crippen molar-refractivity contribution in [2.75, 3.05) is 0 Å². The maximum absolute atomic E-state index is 14.0. The number of amides is 2. The van der Waals surface area contributed by atoms with Gasteiger partial charge in [-0.2, -0.15) is 0 Å². The Bertz CT molecular complexity index is 1080. The first-order chi connectivity index (χ1) is 17.3. The molecule has 0 heterocycles. The standard InChI is InChI=1S/C30H34Cl2N2O2/c1-4-21(3)33-30(36)28(5-2)34(20-25-26(31)17-12-18-27(25)32)29(35)19-24(22-13-8-6-9-14-22)23-15-10-7-11-16-23/h6-18,21,24,28H,4-5,19-20H2,1-3H3,(H,33,36)/t21-,28+/m0/s1. The molecule has 2 atom stereocenters. The van der Waals surface area contributed by atoms with Crippen LogP contribution in [0.15, 0.2) is 78.9 Å². The smallest absolute Gasteiger partial charge is 0.243 e. The highest BCUT2D eigenvalue weighted by molar-refractivity contribution is 6.36. The van der Waals surface area contributed by atoms with Crippen LogP contribution in [0.4, 0.5) is 0 Å². The molecule has 0 radical (unpaired) electrons. The number of hydrogen-bond acceptors (Lipinski definition) is 2. The zero-order chi connectivity index (χ0) is 26.1. The summed E-state index contributed by atoms with van der Waals surface area (Å²) in [6.45, 7) is 6.05. The van der Waals surface area contributed by atoms with Gasteiger partial charge >= 0.3 is 0 Å². The van der Waals surface area contributed by atoms with Gasteiger partial charge in [0.2, 0.25) is 11.8 Å². The van der Waals surface area contributed by atoms with Crippen LogP contribution in [0.2, 0.25) is 10.0 Å². The molecule has 36 heavy (non-hydrogen) atoms. The largest absolute Gasteiger partial charge is 0.352 e. The second-order valence-corrected chi connectivity index (χ2v) is 9.86. The van der Waals surface area contributed by atoms with Gasteiger partial charge in [-0.1, -0.05) is 104 Å². The van der Waals surface area contributed by atoms with E-state index in [9.17, 15) is 9.59 Å². The Morgan fingerprint density at radius 2 is 1.33 bits per heavy atom. The van der Waals surface area contributed by atoms with Crippen molar-refractivity contribution in [2.24, 2.45) is 0 Å². The van der Waals surface area contributed by atoms with E-state index in [1.807, 2.05) is 81.4 Å². The lowest BCUT2D eigenvalue weighted by Gasteiger charge is -2.33. The molecule has 0 fully saturated rings. The van der Waals surface area contributed by atoms with Gasteiger partial charge in [0, 0.05) is 40.5 Å². The maximum Gasteiger partial charge on any atom is 0.243 e. The van der Waals surface area contributed by atoms with Crippen LogP contribution in [0, 0.1) is 0 Å². The zero-order valence-corrected chi connectivity index (χ0v) is 22.6. The SMILES string of the molecule is CC[C@H](C(=O)N[C@@H](C)CC)N(Cc1c(Cl)cccc1Cl)C(=O)CC(c1ccccc1)c1ccccc1. The first-order valence-electron chi connectivity index (χ1n) is 12.5. The number of nitrogens with one attached hydrogen (secondary N) is 1. The number of carbonyl (C=O) groups is 2. The molecule has 3 rings (SSSR count). The fraction of sp³-hybridized carbons (Fsp3) is 0.333. The summed E-state index contributed by atoms with van der Waals surface area (Å²) >= 11 is 13.0. The Hall–Kier alpha value is -2.82. The fourth-order valence-electron chi connectivity index (χ4n) is 4.31. The highest BCUT2D eigenvalue weighted by Gasteiger charge is 2.32. The number of nitrogens with zero attached hydrogens (tertiary/aromatic N) is 1. The Morgan fingerprint density at radius 1 is 0.806 bits per heavy atom. The van der Waals surface area contributed by atoms with E-state index in [0.717, 1.165) is 17.5 Å². The van der Waals surface area contributed by atoms with Crippen molar-refractivity contribution in [3.63, 3.8) is 0 Å². The van der Waals surface area contributed by atoms with E-state index in [1.165, 1.54) is 0 Å². The molecule has 0 aliphatic rings. The Kier molecular flexibility index (Phi) is 10.4. The monoisotopic (exact) mass is 524 g/mol. The molecule has 0 aliphatic heterocycles. The quantitative estimate of drug-likeness (QED) is 0.287. The molecule has 3 aromatic rings. The summed E-state index contributed by atoms with van der Waals surface area (Å²) in [5.41, 5.74) is 2.73. The molecule has 190 valence electrons.